The molecule has 3 aromatic rings. The molecule has 7 nitrogen and oxygen atoms in total. The van der Waals surface area contributed by atoms with Gasteiger partial charge < -0.3 is 19.8 Å². The molecule has 0 aliphatic carbocycles. The molecule has 4 rings (SSSR count). The van der Waals surface area contributed by atoms with Crippen molar-refractivity contribution in [3.63, 3.8) is 0 Å². The maximum Gasteiger partial charge on any atom is 0.231 e. The number of imidazole rings is 1. The Bertz CT molecular complexity index is 1010. The van der Waals surface area contributed by atoms with Crippen molar-refractivity contribution >= 4 is 51.3 Å². The predicted molar refractivity (Wildman–Crippen MR) is 118 cm³/mol. The molecule has 0 saturated heterocycles. The third-order valence-electron chi connectivity index (χ3n) is 4.57. The Morgan fingerprint density at radius 2 is 2.00 bits per heavy atom. The summed E-state index contributed by atoms with van der Waals surface area (Å²) in [4.78, 5) is 14.4. The van der Waals surface area contributed by atoms with Crippen molar-refractivity contribution in [2.45, 2.75) is 49.7 Å². The van der Waals surface area contributed by atoms with Crippen molar-refractivity contribution in [3.05, 3.63) is 22.0 Å². The van der Waals surface area contributed by atoms with Crippen LogP contribution in [0.5, 0.6) is 11.5 Å². The van der Waals surface area contributed by atoms with Crippen LogP contribution in [-0.4, -0.2) is 26.3 Å². The van der Waals surface area contributed by atoms with E-state index in [9.17, 15) is 0 Å². The highest BCUT2D eigenvalue weighted by Crippen LogP contribution is 2.41. The van der Waals surface area contributed by atoms with E-state index in [1.807, 2.05) is 12.1 Å². The molecule has 0 spiro atoms. The highest BCUT2D eigenvalue weighted by Gasteiger charge is 2.20. The van der Waals surface area contributed by atoms with Gasteiger partial charge in [-0.3, -0.25) is 0 Å². The smallest absolute Gasteiger partial charge is 0.231 e. The molecule has 3 heterocycles. The number of anilines is 1. The molecule has 1 aliphatic rings. The Balaban J connectivity index is 1.66. The molecule has 2 aromatic heterocycles. The van der Waals surface area contributed by atoms with Crippen LogP contribution in [0.3, 0.4) is 0 Å². The second-order valence-electron chi connectivity index (χ2n) is 7.10. The average molecular weight is 508 g/mol. The summed E-state index contributed by atoms with van der Waals surface area (Å²) < 4.78 is 14.2. The standard InChI is InChI=1S/C19H22IN5O2S/c1-11(2)5-3-4-6-25-18-16(17(21)22-9-23-18)24-19(25)28-15-8-14-13(7-12(15)20)26-10-27-14/h7-9,11H,3-6,10H2,1-2H3,(H2,21,22,23)/i20-3. The Morgan fingerprint density at radius 3 is 2.79 bits per heavy atom. The van der Waals surface area contributed by atoms with E-state index in [0.29, 0.717) is 17.3 Å². The molecule has 1 aromatic carbocycles. The van der Waals surface area contributed by atoms with Gasteiger partial charge in [-0.05, 0) is 47.1 Å². The third kappa shape index (κ3) is 4.00. The second-order valence-corrected chi connectivity index (χ2v) is 9.28. The first-order chi connectivity index (χ1) is 13.5. The van der Waals surface area contributed by atoms with Gasteiger partial charge in [0.2, 0.25) is 6.79 Å². The third-order valence-corrected chi connectivity index (χ3v) is 6.88. The van der Waals surface area contributed by atoms with Gasteiger partial charge in [-0.2, -0.15) is 0 Å². The molecule has 148 valence electrons. The predicted octanol–water partition coefficient (Wildman–Crippen LogP) is 4.72. The lowest BCUT2D eigenvalue weighted by atomic mass is 10.1. The Labute approximate surface area is 181 Å². The Hall–Kier alpha value is -1.75. The van der Waals surface area contributed by atoms with Gasteiger partial charge in [0, 0.05) is 15.0 Å². The van der Waals surface area contributed by atoms with Gasteiger partial charge in [0.05, 0.1) is 0 Å². The fourth-order valence-corrected chi connectivity index (χ4v) is 4.82. The first-order valence-corrected chi connectivity index (χ1v) is 11.2. The number of hydrogen-bond donors (Lipinski definition) is 1. The number of ether oxygens (including phenoxy) is 2. The summed E-state index contributed by atoms with van der Waals surface area (Å²) in [6.45, 7) is 5.62. The number of halogens is 1. The van der Waals surface area contributed by atoms with Gasteiger partial charge >= 0.3 is 0 Å². The first-order valence-electron chi connectivity index (χ1n) is 9.26. The normalized spacial score (nSPS) is 13.0. The highest BCUT2D eigenvalue weighted by molar-refractivity contribution is 14.1. The molecule has 28 heavy (non-hydrogen) atoms. The number of nitrogens with zero attached hydrogens (tertiary/aromatic N) is 4. The van der Waals surface area contributed by atoms with Crippen LogP contribution in [0.1, 0.15) is 33.1 Å². The van der Waals surface area contributed by atoms with E-state index in [-0.39, 0.29) is 6.79 Å². The maximum atomic E-state index is 6.06. The molecular formula is C19H22IN5O2S. The van der Waals surface area contributed by atoms with Gasteiger partial charge in [0.25, 0.3) is 0 Å². The van der Waals surface area contributed by atoms with Crippen LogP contribution in [-0.2, 0) is 6.54 Å². The van der Waals surface area contributed by atoms with E-state index in [1.54, 1.807) is 11.8 Å². The van der Waals surface area contributed by atoms with Crippen LogP contribution in [0.2, 0.25) is 0 Å². The van der Waals surface area contributed by atoms with Crippen LogP contribution in [0.4, 0.5) is 5.82 Å². The van der Waals surface area contributed by atoms with E-state index in [0.717, 1.165) is 43.7 Å². The van der Waals surface area contributed by atoms with Crippen molar-refractivity contribution < 1.29 is 9.47 Å². The summed E-state index contributed by atoms with van der Waals surface area (Å²) in [7, 11) is 0. The zero-order chi connectivity index (χ0) is 19.7. The zero-order valence-electron chi connectivity index (χ0n) is 15.8. The number of nitrogen functional groups attached to an aromatic ring is 1. The number of nitrogens with two attached hydrogens (primary N) is 1. The number of fused-ring (bicyclic) bond motifs is 2. The van der Waals surface area contributed by atoms with Crippen LogP contribution >= 0.6 is 34.4 Å². The van der Waals surface area contributed by atoms with Gasteiger partial charge in [0.1, 0.15) is 6.33 Å². The number of unbranched alkanes of at least 4 members (excludes halogenated alkanes) is 1. The molecule has 1 aliphatic heterocycles. The monoisotopic (exact) mass is 508 g/mol. The first kappa shape index (κ1) is 19.6. The van der Waals surface area contributed by atoms with Gasteiger partial charge in [-0.25, -0.2) is 15.0 Å². The summed E-state index contributed by atoms with van der Waals surface area (Å²) in [5.41, 5.74) is 7.50. The minimum Gasteiger partial charge on any atom is -0.454 e. The van der Waals surface area contributed by atoms with Crippen molar-refractivity contribution in [2.24, 2.45) is 5.92 Å². The zero-order valence-corrected chi connectivity index (χ0v) is 18.8. The number of aromatic nitrogens is 4. The molecule has 0 saturated carbocycles. The average Bonchev–Trinajstić information content (AvgIpc) is 3.24. The topological polar surface area (TPSA) is 88.1 Å². The number of benzene rings is 1. The molecule has 2 N–H and O–H groups in total. The van der Waals surface area contributed by atoms with E-state index in [2.05, 4.69) is 51.0 Å². The molecule has 0 atom stereocenters. The van der Waals surface area contributed by atoms with Crippen molar-refractivity contribution in [2.75, 3.05) is 12.5 Å². The largest absolute Gasteiger partial charge is 0.454 e. The van der Waals surface area contributed by atoms with Crippen LogP contribution in [0, 0.1) is 9.49 Å². The maximum absolute atomic E-state index is 6.06. The van der Waals surface area contributed by atoms with Gasteiger partial charge in [-0.1, -0.05) is 38.5 Å². The van der Waals surface area contributed by atoms with E-state index in [1.165, 1.54) is 19.2 Å². The second kappa shape index (κ2) is 8.32. The van der Waals surface area contributed by atoms with Gasteiger partial charge in [0.15, 0.2) is 33.6 Å². The van der Waals surface area contributed by atoms with Crippen LogP contribution in [0.15, 0.2) is 28.5 Å². The minimum absolute atomic E-state index is 0.264. The molecule has 0 bridgehead atoms. The van der Waals surface area contributed by atoms with Crippen molar-refractivity contribution in [3.8, 4) is 11.5 Å². The molecular weight excluding hydrogens is 486 g/mol. The summed E-state index contributed by atoms with van der Waals surface area (Å²) in [6, 6.07) is 4.00. The molecule has 0 radical (unpaired) electrons. The van der Waals surface area contributed by atoms with E-state index in [4.69, 9.17) is 20.2 Å². The Kier molecular flexibility index (Phi) is 5.81. The van der Waals surface area contributed by atoms with Crippen LogP contribution < -0.4 is 15.2 Å². The van der Waals surface area contributed by atoms with E-state index < -0.39 is 0 Å². The number of hydrogen-bond acceptors (Lipinski definition) is 7. The van der Waals surface area contributed by atoms with Crippen molar-refractivity contribution in [1.82, 2.24) is 19.5 Å². The number of rotatable bonds is 7. The lowest BCUT2D eigenvalue weighted by Gasteiger charge is -2.10. The molecule has 0 unspecified atom stereocenters. The lowest BCUT2D eigenvalue weighted by Crippen LogP contribution is -2.02. The fraction of sp³-hybridized carbons (Fsp3) is 0.421. The summed E-state index contributed by atoms with van der Waals surface area (Å²) >= 11 is 3.90. The lowest BCUT2D eigenvalue weighted by molar-refractivity contribution is 0.174. The number of aryl methyl sites for hydroxylation is 1. The minimum atomic E-state index is 0.264. The highest BCUT2D eigenvalue weighted by atomic mass is 124. The summed E-state index contributed by atoms with van der Waals surface area (Å²) in [5.74, 6) is 2.67. The summed E-state index contributed by atoms with van der Waals surface area (Å²) in [5, 5.41) is 0.864. The fourth-order valence-electron chi connectivity index (χ4n) is 3.11. The van der Waals surface area contributed by atoms with Crippen molar-refractivity contribution in [1.29, 1.82) is 0 Å². The summed E-state index contributed by atoms with van der Waals surface area (Å²) in [6.07, 6.45) is 4.96. The molecule has 0 amide bonds. The molecule has 0 fully saturated rings. The van der Waals surface area contributed by atoms with Crippen LogP contribution in [0.25, 0.3) is 11.2 Å². The van der Waals surface area contributed by atoms with Gasteiger partial charge in [-0.15, -0.1) is 0 Å². The molecule has 9 heteroatoms. The SMILES string of the molecule is CC(C)CCCCn1c(Sc2cc3c(cc2[124I])OCO3)nc2c(N)ncnc21. The van der Waals surface area contributed by atoms with E-state index >= 15 is 0 Å². The quantitative estimate of drug-likeness (QED) is 0.365. The Morgan fingerprint density at radius 1 is 1.21 bits per heavy atom.